The molecule has 0 aliphatic heterocycles. The minimum Gasteiger partial charge on any atom is -0.492 e. The first-order valence-electron chi connectivity index (χ1n) is 14.1. The molecule has 1 atom stereocenters. The van der Waals surface area contributed by atoms with Crippen LogP contribution in [-0.4, -0.2) is 57.4 Å². The van der Waals surface area contributed by atoms with Crippen molar-refractivity contribution in [2.24, 2.45) is 5.92 Å². The average Bonchev–Trinajstić information content (AvgIpc) is 2.98. The van der Waals surface area contributed by atoms with Gasteiger partial charge < -0.3 is 15.0 Å². The molecule has 0 radical (unpaired) electrons. The highest BCUT2D eigenvalue weighted by Crippen LogP contribution is 2.32. The first-order chi connectivity index (χ1) is 19.7. The summed E-state index contributed by atoms with van der Waals surface area (Å²) in [5, 5.41) is 2.95. The number of nitrogens with zero attached hydrogens (tertiary/aromatic N) is 2. The molecule has 0 bridgehead atoms. The van der Waals surface area contributed by atoms with E-state index in [1.807, 2.05) is 58.0 Å². The van der Waals surface area contributed by atoms with Gasteiger partial charge >= 0.3 is 0 Å². The summed E-state index contributed by atoms with van der Waals surface area (Å²) in [5.41, 5.74) is 1.27. The van der Waals surface area contributed by atoms with Crippen LogP contribution in [0.15, 0.2) is 89.8 Å². The summed E-state index contributed by atoms with van der Waals surface area (Å²) < 4.78 is 34.8. The lowest BCUT2D eigenvalue weighted by atomic mass is 10.1. The third-order valence-corrected chi connectivity index (χ3v) is 8.37. The fourth-order valence-corrected chi connectivity index (χ4v) is 5.94. The van der Waals surface area contributed by atoms with Crippen LogP contribution in [0.4, 0.5) is 5.69 Å². The number of hydrogen-bond acceptors (Lipinski definition) is 5. The molecule has 3 aromatic carbocycles. The summed E-state index contributed by atoms with van der Waals surface area (Å²) in [7, 11) is -4.16. The van der Waals surface area contributed by atoms with Crippen molar-refractivity contribution in [3.63, 3.8) is 0 Å². The fourth-order valence-electron chi connectivity index (χ4n) is 4.49. The van der Waals surface area contributed by atoms with Gasteiger partial charge in [0.2, 0.25) is 11.8 Å². The maximum atomic E-state index is 14.1. The zero-order chi connectivity index (χ0) is 29.8. The summed E-state index contributed by atoms with van der Waals surface area (Å²) in [6, 6.07) is 23.7. The van der Waals surface area contributed by atoms with Crippen molar-refractivity contribution in [3.8, 4) is 5.75 Å². The molecule has 1 unspecified atom stereocenters. The molecule has 3 rings (SSSR count). The quantitative estimate of drug-likeness (QED) is 0.276. The minimum atomic E-state index is -4.16. The third-order valence-electron chi connectivity index (χ3n) is 6.60. The second kappa shape index (κ2) is 15.2. The van der Waals surface area contributed by atoms with Crippen LogP contribution in [0.25, 0.3) is 0 Å². The molecule has 220 valence electrons. The van der Waals surface area contributed by atoms with Gasteiger partial charge in [0.25, 0.3) is 10.0 Å². The van der Waals surface area contributed by atoms with E-state index in [-0.39, 0.29) is 29.0 Å². The van der Waals surface area contributed by atoms with Crippen LogP contribution in [0, 0.1) is 5.92 Å². The van der Waals surface area contributed by atoms with Gasteiger partial charge in [-0.05, 0) is 55.5 Å². The number of ether oxygens (including phenoxy) is 1. The van der Waals surface area contributed by atoms with Gasteiger partial charge in [-0.25, -0.2) is 8.42 Å². The summed E-state index contributed by atoms with van der Waals surface area (Å²) in [4.78, 5) is 29.0. The van der Waals surface area contributed by atoms with E-state index in [0.29, 0.717) is 31.7 Å². The van der Waals surface area contributed by atoms with E-state index < -0.39 is 28.5 Å². The molecule has 2 amide bonds. The van der Waals surface area contributed by atoms with E-state index in [4.69, 9.17) is 4.74 Å². The lowest BCUT2D eigenvalue weighted by Crippen LogP contribution is -2.53. The fraction of sp³-hybridized carbons (Fsp3) is 0.375. The topological polar surface area (TPSA) is 96.0 Å². The van der Waals surface area contributed by atoms with Crippen LogP contribution in [0.1, 0.15) is 39.7 Å². The van der Waals surface area contributed by atoms with Crippen molar-refractivity contribution in [1.29, 1.82) is 0 Å². The summed E-state index contributed by atoms with van der Waals surface area (Å²) in [6.45, 7) is 8.22. The summed E-state index contributed by atoms with van der Waals surface area (Å²) in [5.74, 6) is -0.139. The normalized spacial score (nSPS) is 12.0. The Morgan fingerprint density at radius 2 is 1.49 bits per heavy atom. The number of anilines is 1. The molecule has 3 aromatic rings. The van der Waals surface area contributed by atoms with Crippen LogP contribution >= 0.6 is 0 Å². The number of benzene rings is 3. The van der Waals surface area contributed by atoms with Gasteiger partial charge in [0.1, 0.15) is 18.3 Å². The maximum Gasteiger partial charge on any atom is 0.264 e. The van der Waals surface area contributed by atoms with E-state index in [1.54, 1.807) is 42.5 Å². The standard InChI is InChI=1S/C32H41N3O5S/c1-5-28(32(37)33-23-25(3)4)34(22-21-26-15-9-7-10-16-26)31(36)24-35(29-19-13-14-20-30(29)40-6-2)41(38,39)27-17-11-8-12-18-27/h7-20,25,28H,5-6,21-24H2,1-4H3,(H,33,37). The second-order valence-electron chi connectivity index (χ2n) is 10.1. The van der Waals surface area contributed by atoms with Crippen LogP contribution in [0.3, 0.4) is 0 Å². The molecule has 8 nitrogen and oxygen atoms in total. The molecule has 0 fully saturated rings. The molecule has 0 aromatic heterocycles. The molecular formula is C32H41N3O5S. The Kier molecular flexibility index (Phi) is 11.8. The number of carbonyl (C=O) groups excluding carboxylic acids is 2. The van der Waals surface area contributed by atoms with Crippen molar-refractivity contribution < 1.29 is 22.7 Å². The van der Waals surface area contributed by atoms with Crippen LogP contribution in [-0.2, 0) is 26.0 Å². The highest BCUT2D eigenvalue weighted by atomic mass is 32.2. The van der Waals surface area contributed by atoms with Gasteiger partial charge in [-0.2, -0.15) is 0 Å². The first kappa shape index (κ1) is 31.7. The van der Waals surface area contributed by atoms with E-state index in [0.717, 1.165) is 9.87 Å². The Morgan fingerprint density at radius 3 is 2.10 bits per heavy atom. The van der Waals surface area contributed by atoms with Crippen LogP contribution < -0.4 is 14.4 Å². The van der Waals surface area contributed by atoms with E-state index >= 15 is 0 Å². The lowest BCUT2D eigenvalue weighted by molar-refractivity contribution is -0.139. The zero-order valence-corrected chi connectivity index (χ0v) is 25.1. The van der Waals surface area contributed by atoms with Gasteiger partial charge in [0.05, 0.1) is 17.2 Å². The van der Waals surface area contributed by atoms with Crippen LogP contribution in [0.2, 0.25) is 0 Å². The highest BCUT2D eigenvalue weighted by Gasteiger charge is 2.34. The second-order valence-corrected chi connectivity index (χ2v) is 12.0. The SMILES string of the molecule is CCOc1ccccc1N(CC(=O)N(CCc1ccccc1)C(CC)C(=O)NCC(C)C)S(=O)(=O)c1ccccc1. The lowest BCUT2D eigenvalue weighted by Gasteiger charge is -2.33. The van der Waals surface area contributed by atoms with E-state index in [1.165, 1.54) is 17.0 Å². The number of sulfonamides is 1. The Hall–Kier alpha value is -3.85. The third kappa shape index (κ3) is 8.57. The van der Waals surface area contributed by atoms with Crippen molar-refractivity contribution in [2.75, 3.05) is 30.5 Å². The average molecular weight is 580 g/mol. The van der Waals surface area contributed by atoms with Gasteiger partial charge in [0, 0.05) is 13.1 Å². The Bertz CT molecular complexity index is 1360. The van der Waals surface area contributed by atoms with E-state index in [2.05, 4.69) is 5.32 Å². The summed E-state index contributed by atoms with van der Waals surface area (Å²) >= 11 is 0. The van der Waals surface area contributed by atoms with Gasteiger partial charge in [-0.1, -0.05) is 81.4 Å². The molecule has 0 spiro atoms. The zero-order valence-electron chi connectivity index (χ0n) is 24.3. The predicted molar refractivity (Wildman–Crippen MR) is 162 cm³/mol. The smallest absolute Gasteiger partial charge is 0.264 e. The number of hydrogen-bond donors (Lipinski definition) is 1. The Balaban J connectivity index is 2.03. The minimum absolute atomic E-state index is 0.0525. The number of nitrogens with one attached hydrogen (secondary N) is 1. The molecule has 0 saturated heterocycles. The molecule has 41 heavy (non-hydrogen) atoms. The van der Waals surface area contributed by atoms with Gasteiger partial charge in [-0.15, -0.1) is 0 Å². The van der Waals surface area contributed by atoms with Crippen molar-refractivity contribution in [1.82, 2.24) is 10.2 Å². The molecule has 0 aliphatic rings. The first-order valence-corrected chi connectivity index (χ1v) is 15.5. The Morgan fingerprint density at radius 1 is 0.878 bits per heavy atom. The monoisotopic (exact) mass is 579 g/mol. The van der Waals surface area contributed by atoms with Gasteiger partial charge in [-0.3, -0.25) is 13.9 Å². The molecule has 0 saturated carbocycles. The number of rotatable bonds is 15. The molecule has 0 aliphatic carbocycles. The number of carbonyl (C=O) groups is 2. The Labute approximate surface area is 244 Å². The number of amides is 2. The van der Waals surface area contributed by atoms with Crippen molar-refractivity contribution >= 4 is 27.5 Å². The summed E-state index contributed by atoms with van der Waals surface area (Å²) in [6.07, 6.45) is 0.896. The highest BCUT2D eigenvalue weighted by molar-refractivity contribution is 7.92. The van der Waals surface area contributed by atoms with E-state index in [9.17, 15) is 18.0 Å². The van der Waals surface area contributed by atoms with Gasteiger partial charge in [0.15, 0.2) is 0 Å². The van der Waals surface area contributed by atoms with Crippen LogP contribution in [0.5, 0.6) is 5.75 Å². The molecule has 1 N–H and O–H groups in total. The molecule has 0 heterocycles. The maximum absolute atomic E-state index is 14.1. The largest absolute Gasteiger partial charge is 0.492 e. The predicted octanol–water partition coefficient (Wildman–Crippen LogP) is 4.90. The van der Waals surface area contributed by atoms with Crippen molar-refractivity contribution in [2.45, 2.75) is 51.5 Å². The number of para-hydroxylation sites is 2. The molecule has 9 heteroatoms. The van der Waals surface area contributed by atoms with Crippen molar-refractivity contribution in [3.05, 3.63) is 90.5 Å². The molecular weight excluding hydrogens is 538 g/mol.